The van der Waals surface area contributed by atoms with Crippen LogP contribution in [0.4, 0.5) is 5.69 Å². The first-order valence-corrected chi connectivity index (χ1v) is 13.1. The van der Waals surface area contributed by atoms with Crippen LogP contribution in [0.25, 0.3) is 11.1 Å². The minimum absolute atomic E-state index is 0.0113. The molecule has 1 aliphatic rings. The summed E-state index contributed by atoms with van der Waals surface area (Å²) in [4.78, 5) is 31.3. The number of hydrogen-bond donors (Lipinski definition) is 1. The molecule has 0 bridgehead atoms. The van der Waals surface area contributed by atoms with Gasteiger partial charge in [-0.2, -0.15) is 5.26 Å². The normalized spacial score (nSPS) is 16.7. The Morgan fingerprint density at radius 2 is 1.81 bits per heavy atom. The summed E-state index contributed by atoms with van der Waals surface area (Å²) in [6.07, 6.45) is 0.762. The third kappa shape index (κ3) is 5.52. The molecule has 4 rings (SSSR count). The average Bonchev–Trinajstić information content (AvgIpc) is 3.34. The summed E-state index contributed by atoms with van der Waals surface area (Å²) < 4.78 is 29.1. The van der Waals surface area contributed by atoms with Gasteiger partial charge in [-0.05, 0) is 35.9 Å². The van der Waals surface area contributed by atoms with Crippen LogP contribution in [-0.4, -0.2) is 45.0 Å². The van der Waals surface area contributed by atoms with Gasteiger partial charge in [0.15, 0.2) is 9.84 Å². The van der Waals surface area contributed by atoms with E-state index in [1.54, 1.807) is 66.7 Å². The fraction of sp³-hybridized carbons (Fsp3) is 0.185. The van der Waals surface area contributed by atoms with E-state index in [9.17, 15) is 23.3 Å². The molecule has 3 aromatic carbocycles. The second-order valence-electron chi connectivity index (χ2n) is 8.55. The second-order valence-corrected chi connectivity index (χ2v) is 10.5. The molecule has 1 amide bonds. The fourth-order valence-electron chi connectivity index (χ4n) is 4.01. The van der Waals surface area contributed by atoms with E-state index in [0.717, 1.165) is 6.26 Å². The number of carbonyl (C=O) groups excluding carboxylic acids is 2. The van der Waals surface area contributed by atoms with Crippen molar-refractivity contribution in [3.8, 4) is 17.2 Å². The van der Waals surface area contributed by atoms with E-state index in [2.05, 4.69) is 16.5 Å². The summed E-state index contributed by atoms with van der Waals surface area (Å²) >= 11 is 0. The van der Waals surface area contributed by atoms with Crippen molar-refractivity contribution in [2.45, 2.75) is 23.3 Å². The summed E-state index contributed by atoms with van der Waals surface area (Å²) in [7, 11) is -2.22. The van der Waals surface area contributed by atoms with Crippen molar-refractivity contribution >= 4 is 33.1 Å². The van der Waals surface area contributed by atoms with E-state index in [4.69, 9.17) is 9.57 Å². The number of nitrogens with zero attached hydrogens (tertiary/aromatic N) is 2. The molecule has 1 N–H and O–H groups in total. The molecule has 10 heteroatoms. The third-order valence-electron chi connectivity index (χ3n) is 5.92. The first-order chi connectivity index (χ1) is 17.6. The summed E-state index contributed by atoms with van der Waals surface area (Å²) in [6.45, 7) is 0. The van der Waals surface area contributed by atoms with Crippen molar-refractivity contribution < 1.29 is 27.6 Å². The lowest BCUT2D eigenvalue weighted by Crippen LogP contribution is -2.45. The van der Waals surface area contributed by atoms with Crippen LogP contribution < -0.4 is 5.32 Å². The lowest BCUT2D eigenvalue weighted by atomic mass is 9.89. The Bertz CT molecular complexity index is 1540. The molecule has 1 heterocycles. The maximum atomic E-state index is 13.4. The number of ether oxygens (including phenoxy) is 1. The topological polar surface area (TPSA) is 135 Å². The van der Waals surface area contributed by atoms with E-state index in [-0.39, 0.29) is 17.7 Å². The van der Waals surface area contributed by atoms with Crippen LogP contribution in [0.3, 0.4) is 0 Å². The molecule has 3 aromatic rings. The van der Waals surface area contributed by atoms with Gasteiger partial charge < -0.3 is 14.9 Å². The number of benzene rings is 3. The van der Waals surface area contributed by atoms with Crippen molar-refractivity contribution in [3.63, 3.8) is 0 Å². The minimum Gasteiger partial charge on any atom is -0.469 e. The first-order valence-electron chi connectivity index (χ1n) is 11.2. The van der Waals surface area contributed by atoms with Crippen molar-refractivity contribution in [2.24, 2.45) is 5.16 Å². The third-order valence-corrected chi connectivity index (χ3v) is 7.08. The number of amides is 1. The molecule has 0 radical (unpaired) electrons. The molecule has 0 saturated carbocycles. The highest BCUT2D eigenvalue weighted by Gasteiger charge is 2.49. The van der Waals surface area contributed by atoms with Gasteiger partial charge in [0.2, 0.25) is 5.60 Å². The van der Waals surface area contributed by atoms with Gasteiger partial charge in [-0.15, -0.1) is 0 Å². The molecule has 0 spiro atoms. The Morgan fingerprint density at radius 3 is 2.49 bits per heavy atom. The molecule has 0 aromatic heterocycles. The van der Waals surface area contributed by atoms with Crippen molar-refractivity contribution in [3.05, 3.63) is 83.9 Å². The zero-order valence-corrected chi connectivity index (χ0v) is 20.9. The van der Waals surface area contributed by atoms with E-state index < -0.39 is 27.3 Å². The Morgan fingerprint density at radius 1 is 1.08 bits per heavy atom. The first kappa shape index (κ1) is 25.6. The summed E-state index contributed by atoms with van der Waals surface area (Å²) in [5.41, 5.74) is 1.42. The van der Waals surface area contributed by atoms with E-state index >= 15 is 0 Å². The van der Waals surface area contributed by atoms with Gasteiger partial charge >= 0.3 is 5.97 Å². The maximum Gasteiger partial charge on any atom is 0.310 e. The largest absolute Gasteiger partial charge is 0.469 e. The van der Waals surface area contributed by atoms with Crippen LogP contribution in [0.1, 0.15) is 24.0 Å². The Labute approximate surface area is 214 Å². The number of anilines is 1. The minimum atomic E-state index is -3.44. The lowest BCUT2D eigenvalue weighted by molar-refractivity contribution is -0.155. The number of nitriles is 1. The second kappa shape index (κ2) is 10.2. The Hall–Kier alpha value is -4.49. The van der Waals surface area contributed by atoms with Crippen molar-refractivity contribution in [1.29, 1.82) is 5.26 Å². The molecule has 37 heavy (non-hydrogen) atoms. The SMILES string of the molecule is COC(=O)CC1(C(=O)Nc2ccc(-c3ccccc3S(C)(=O)=O)cc2)CC(c2cccc(C#N)c2)=NO1. The zero-order valence-electron chi connectivity index (χ0n) is 20.1. The monoisotopic (exact) mass is 517 g/mol. The summed E-state index contributed by atoms with van der Waals surface area (Å²) in [5.74, 6) is -1.25. The van der Waals surface area contributed by atoms with Crippen LogP contribution in [0.15, 0.2) is 82.8 Å². The molecular weight excluding hydrogens is 494 g/mol. The number of nitrogens with one attached hydrogen (secondary N) is 1. The number of esters is 1. The number of methoxy groups -OCH3 is 1. The fourth-order valence-corrected chi connectivity index (χ4v) is 4.92. The van der Waals surface area contributed by atoms with Crippen LogP contribution in [0, 0.1) is 11.3 Å². The van der Waals surface area contributed by atoms with Crippen molar-refractivity contribution in [2.75, 3.05) is 18.7 Å². The molecule has 0 fully saturated rings. The quantitative estimate of drug-likeness (QED) is 0.472. The highest BCUT2D eigenvalue weighted by molar-refractivity contribution is 7.90. The van der Waals surface area contributed by atoms with Gasteiger partial charge in [0.05, 0.1) is 35.8 Å². The highest BCUT2D eigenvalue weighted by Crippen LogP contribution is 2.33. The highest BCUT2D eigenvalue weighted by atomic mass is 32.2. The van der Waals surface area contributed by atoms with Crippen LogP contribution in [-0.2, 0) is 29.0 Å². The molecule has 188 valence electrons. The standard InChI is InChI=1S/C27H23N3O6S/c1-35-25(31)16-27(15-23(30-36-27)20-7-5-6-18(14-20)17-28)26(32)29-21-12-10-19(11-13-21)22-8-3-4-9-24(22)37(2,33)34/h3-14H,15-16H2,1-2H3,(H,29,32). The smallest absolute Gasteiger partial charge is 0.310 e. The summed E-state index contributed by atoms with van der Waals surface area (Å²) in [5, 5.41) is 16.0. The molecule has 0 aliphatic carbocycles. The lowest BCUT2D eigenvalue weighted by Gasteiger charge is -2.24. The van der Waals surface area contributed by atoms with Crippen LogP contribution in [0.5, 0.6) is 0 Å². The van der Waals surface area contributed by atoms with Gasteiger partial charge in [0.1, 0.15) is 0 Å². The molecule has 1 aliphatic heterocycles. The van der Waals surface area contributed by atoms with E-state index in [0.29, 0.717) is 33.7 Å². The molecule has 0 saturated heterocycles. The number of rotatable bonds is 7. The Kier molecular flexibility index (Phi) is 7.09. The van der Waals surface area contributed by atoms with Gasteiger partial charge in [-0.25, -0.2) is 8.42 Å². The zero-order chi connectivity index (χ0) is 26.6. The Balaban J connectivity index is 1.57. The molecule has 9 nitrogen and oxygen atoms in total. The number of carbonyl (C=O) groups is 2. The van der Waals surface area contributed by atoms with Gasteiger partial charge in [-0.1, -0.05) is 47.6 Å². The molecule has 1 atom stereocenters. The van der Waals surface area contributed by atoms with Gasteiger partial charge in [-0.3, -0.25) is 9.59 Å². The van der Waals surface area contributed by atoms with Gasteiger partial charge in [0.25, 0.3) is 5.91 Å². The van der Waals surface area contributed by atoms with E-state index in [1.807, 2.05) is 0 Å². The number of hydrogen-bond acceptors (Lipinski definition) is 8. The summed E-state index contributed by atoms with van der Waals surface area (Å²) in [6, 6.07) is 22.1. The maximum absolute atomic E-state index is 13.4. The van der Waals surface area contributed by atoms with Crippen molar-refractivity contribution in [1.82, 2.24) is 0 Å². The molecule has 1 unspecified atom stereocenters. The average molecular weight is 518 g/mol. The predicted molar refractivity (Wildman–Crippen MR) is 136 cm³/mol. The van der Waals surface area contributed by atoms with Crippen LogP contribution >= 0.6 is 0 Å². The van der Waals surface area contributed by atoms with E-state index in [1.165, 1.54) is 13.2 Å². The van der Waals surface area contributed by atoms with Crippen LogP contribution in [0.2, 0.25) is 0 Å². The van der Waals surface area contributed by atoms with Gasteiger partial charge in [0, 0.05) is 29.5 Å². The predicted octanol–water partition coefficient (Wildman–Crippen LogP) is 3.69. The number of sulfone groups is 1. The number of oxime groups is 1. The molecular formula is C27H23N3O6S.